The molecule has 0 spiro atoms. The first-order valence-electron chi connectivity index (χ1n) is 6.65. The quantitative estimate of drug-likeness (QED) is 0.569. The molecule has 1 aromatic carbocycles. The van der Waals surface area contributed by atoms with E-state index in [9.17, 15) is 5.11 Å². The minimum atomic E-state index is -0.0749. The van der Waals surface area contributed by atoms with Gasteiger partial charge in [0, 0.05) is 17.8 Å². The molecule has 1 N–H and O–H groups in total. The maximum Gasteiger partial charge on any atom is 0.237 e. The lowest BCUT2D eigenvalue weighted by atomic mass is 10.2. The molecule has 0 amide bonds. The van der Waals surface area contributed by atoms with Gasteiger partial charge in [0.25, 0.3) is 0 Å². The Morgan fingerprint density at radius 3 is 2.96 bits per heavy atom. The molecule has 1 aliphatic heterocycles. The van der Waals surface area contributed by atoms with Gasteiger partial charge in [0.1, 0.15) is 0 Å². The highest BCUT2D eigenvalue weighted by molar-refractivity contribution is 7.98. The molecule has 8 nitrogen and oxygen atoms in total. The normalized spacial score (nSPS) is 12.5. The van der Waals surface area contributed by atoms with Crippen molar-refractivity contribution in [3.8, 4) is 28.8 Å². The van der Waals surface area contributed by atoms with Crippen molar-refractivity contribution in [3.63, 3.8) is 0 Å². The smallest absolute Gasteiger partial charge is 0.237 e. The number of ether oxygens (including phenoxy) is 2. The van der Waals surface area contributed by atoms with Crippen LogP contribution in [0.5, 0.6) is 17.4 Å². The van der Waals surface area contributed by atoms with Gasteiger partial charge in [0.05, 0.1) is 5.75 Å². The minimum absolute atomic E-state index is 0.0749. The molecule has 116 valence electrons. The van der Waals surface area contributed by atoms with E-state index in [2.05, 4.69) is 20.1 Å². The summed E-state index contributed by atoms with van der Waals surface area (Å²) < 4.78 is 15.8. The molecule has 9 heteroatoms. The fourth-order valence-corrected chi connectivity index (χ4v) is 2.66. The zero-order valence-corrected chi connectivity index (χ0v) is 12.5. The number of benzene rings is 1. The van der Waals surface area contributed by atoms with Crippen LogP contribution < -0.4 is 9.47 Å². The summed E-state index contributed by atoms with van der Waals surface area (Å²) in [6.45, 7) is 0.219. The lowest BCUT2D eigenvalue weighted by Gasteiger charge is -1.97. The fraction of sp³-hybridized carbons (Fsp3) is 0.143. The highest BCUT2D eigenvalue weighted by Gasteiger charge is 2.16. The Labute approximate surface area is 134 Å². The van der Waals surface area contributed by atoms with Crippen LogP contribution in [-0.4, -0.2) is 32.0 Å². The highest BCUT2D eigenvalue weighted by Crippen LogP contribution is 2.35. The maximum absolute atomic E-state index is 9.30. The molecular formula is C14H10N4O4S. The summed E-state index contributed by atoms with van der Waals surface area (Å²) in [5.74, 6) is 2.60. The molecule has 4 rings (SSSR count). The van der Waals surface area contributed by atoms with Crippen LogP contribution in [0.4, 0.5) is 0 Å². The Morgan fingerprint density at radius 1 is 1.13 bits per heavy atom. The summed E-state index contributed by atoms with van der Waals surface area (Å²) in [4.78, 5) is 12.2. The Balaban J connectivity index is 1.48. The van der Waals surface area contributed by atoms with Gasteiger partial charge in [0.2, 0.25) is 24.4 Å². The van der Waals surface area contributed by atoms with E-state index in [-0.39, 0.29) is 12.7 Å². The third-order valence-corrected chi connectivity index (χ3v) is 3.89. The largest absolute Gasteiger partial charge is 0.493 e. The van der Waals surface area contributed by atoms with Crippen molar-refractivity contribution >= 4 is 11.8 Å². The van der Waals surface area contributed by atoms with Crippen LogP contribution in [0.3, 0.4) is 0 Å². The Bertz CT molecular complexity index is 854. The van der Waals surface area contributed by atoms with Crippen LogP contribution in [0.15, 0.2) is 40.1 Å². The summed E-state index contributed by atoms with van der Waals surface area (Å²) in [7, 11) is 0. The SMILES string of the molecule is Oc1ccnc(SCc2nc(-c3ccc4c(c3)OCO4)no2)n1. The molecule has 3 heterocycles. The van der Waals surface area contributed by atoms with E-state index < -0.39 is 0 Å². The van der Waals surface area contributed by atoms with Gasteiger partial charge < -0.3 is 19.1 Å². The van der Waals surface area contributed by atoms with Crippen molar-refractivity contribution in [3.05, 3.63) is 36.4 Å². The van der Waals surface area contributed by atoms with Gasteiger partial charge in [-0.1, -0.05) is 16.9 Å². The first kappa shape index (κ1) is 13.8. The van der Waals surface area contributed by atoms with Crippen molar-refractivity contribution in [1.29, 1.82) is 0 Å². The van der Waals surface area contributed by atoms with Gasteiger partial charge in [-0.3, -0.25) is 0 Å². The van der Waals surface area contributed by atoms with E-state index >= 15 is 0 Å². The first-order chi connectivity index (χ1) is 11.3. The molecule has 0 saturated carbocycles. The number of rotatable bonds is 4. The van der Waals surface area contributed by atoms with E-state index in [1.165, 1.54) is 24.0 Å². The molecule has 0 bridgehead atoms. The van der Waals surface area contributed by atoms with E-state index in [1.54, 1.807) is 0 Å². The van der Waals surface area contributed by atoms with Crippen molar-refractivity contribution < 1.29 is 19.1 Å². The highest BCUT2D eigenvalue weighted by atomic mass is 32.2. The van der Waals surface area contributed by atoms with E-state index in [1.807, 2.05) is 18.2 Å². The molecule has 0 aliphatic carbocycles. The fourth-order valence-electron chi connectivity index (χ4n) is 1.99. The number of thioether (sulfide) groups is 1. The molecule has 1 aliphatic rings. The van der Waals surface area contributed by atoms with Crippen LogP contribution in [0.1, 0.15) is 5.89 Å². The van der Waals surface area contributed by atoms with Crippen molar-refractivity contribution in [1.82, 2.24) is 20.1 Å². The van der Waals surface area contributed by atoms with Crippen LogP contribution in [0.2, 0.25) is 0 Å². The van der Waals surface area contributed by atoms with Gasteiger partial charge >= 0.3 is 0 Å². The van der Waals surface area contributed by atoms with Gasteiger partial charge in [-0.15, -0.1) is 0 Å². The first-order valence-corrected chi connectivity index (χ1v) is 7.64. The average Bonchev–Trinajstić information content (AvgIpc) is 3.21. The number of aromatic nitrogens is 4. The lowest BCUT2D eigenvalue weighted by Crippen LogP contribution is -1.92. The zero-order valence-electron chi connectivity index (χ0n) is 11.7. The summed E-state index contributed by atoms with van der Waals surface area (Å²) >= 11 is 1.29. The average molecular weight is 330 g/mol. The summed E-state index contributed by atoms with van der Waals surface area (Å²) in [5.41, 5.74) is 0.780. The number of nitrogens with zero attached hydrogens (tertiary/aromatic N) is 4. The second-order valence-electron chi connectivity index (χ2n) is 4.57. The van der Waals surface area contributed by atoms with Crippen molar-refractivity contribution in [2.75, 3.05) is 6.79 Å². The number of aromatic hydroxyl groups is 1. The Hall–Kier alpha value is -2.81. The van der Waals surface area contributed by atoms with Crippen molar-refractivity contribution in [2.24, 2.45) is 0 Å². The standard InChI is InChI=1S/C14H10N4O4S/c19-11-3-4-15-14(16-11)23-6-12-17-13(18-22-12)8-1-2-9-10(5-8)21-7-20-9/h1-5H,6-7H2,(H,15,16,19). The third-order valence-electron chi connectivity index (χ3n) is 3.04. The van der Waals surface area contributed by atoms with Gasteiger partial charge in [-0.25, -0.2) is 4.98 Å². The van der Waals surface area contributed by atoms with E-state index in [4.69, 9.17) is 14.0 Å². The predicted molar refractivity (Wildman–Crippen MR) is 79.1 cm³/mol. The van der Waals surface area contributed by atoms with E-state index in [0.717, 1.165) is 5.56 Å². The molecule has 0 saturated heterocycles. The number of fused-ring (bicyclic) bond motifs is 1. The number of hydrogen-bond acceptors (Lipinski definition) is 9. The number of hydrogen-bond donors (Lipinski definition) is 1. The molecule has 0 radical (unpaired) electrons. The molecule has 23 heavy (non-hydrogen) atoms. The molecular weight excluding hydrogens is 320 g/mol. The zero-order chi connectivity index (χ0) is 15.6. The summed E-state index contributed by atoms with van der Waals surface area (Å²) in [6, 6.07) is 6.87. The van der Waals surface area contributed by atoms with Crippen LogP contribution in [0, 0.1) is 0 Å². The molecule has 0 atom stereocenters. The van der Waals surface area contributed by atoms with E-state index in [0.29, 0.717) is 34.1 Å². The maximum atomic E-state index is 9.30. The molecule has 0 fully saturated rings. The Morgan fingerprint density at radius 2 is 2.04 bits per heavy atom. The molecule has 0 unspecified atom stereocenters. The van der Waals surface area contributed by atoms with Gasteiger partial charge in [-0.2, -0.15) is 9.97 Å². The Kier molecular flexibility index (Phi) is 3.46. The lowest BCUT2D eigenvalue weighted by molar-refractivity contribution is 0.174. The van der Waals surface area contributed by atoms with Crippen molar-refractivity contribution in [2.45, 2.75) is 10.9 Å². The van der Waals surface area contributed by atoms with Crippen LogP contribution >= 0.6 is 11.8 Å². The molecule has 2 aromatic heterocycles. The minimum Gasteiger partial charge on any atom is -0.493 e. The van der Waals surface area contributed by atoms with Gasteiger partial charge in [-0.05, 0) is 18.2 Å². The second kappa shape index (κ2) is 5.76. The third kappa shape index (κ3) is 2.90. The van der Waals surface area contributed by atoms with Gasteiger partial charge in [0.15, 0.2) is 16.7 Å². The monoisotopic (exact) mass is 330 g/mol. The second-order valence-corrected chi connectivity index (χ2v) is 5.51. The van der Waals surface area contributed by atoms with Crippen LogP contribution in [0.25, 0.3) is 11.4 Å². The topological polar surface area (TPSA) is 103 Å². The summed E-state index contributed by atoms with van der Waals surface area (Å²) in [6.07, 6.45) is 1.48. The predicted octanol–water partition coefficient (Wildman–Crippen LogP) is 2.25. The van der Waals surface area contributed by atoms with Crippen LogP contribution in [-0.2, 0) is 5.75 Å². The molecule has 3 aromatic rings. The summed E-state index contributed by atoms with van der Waals surface area (Å²) in [5, 5.41) is 13.7.